The number of hydrogen-bond acceptors (Lipinski definition) is 5. The van der Waals surface area contributed by atoms with Gasteiger partial charge in [0.2, 0.25) is 0 Å². The topological polar surface area (TPSA) is 91.7 Å². The molecule has 0 spiro atoms. The standard InChI is InChI=1S/C21H22ClF3N4O3/c1-12(2)10-20(3,32-19(26)30)11-31-16-5-4-13(8-15(16)21(23,24)25)14-9-17(22)28-29-7-6-27-18(14)29/h4-9,12H,10-11H2,1-3H3,(H2,26,30). The van der Waals surface area contributed by atoms with Gasteiger partial charge in [-0.15, -0.1) is 0 Å². The highest BCUT2D eigenvalue weighted by Crippen LogP contribution is 2.40. The number of amides is 1. The summed E-state index contributed by atoms with van der Waals surface area (Å²) in [4.78, 5) is 15.4. The number of carbonyl (C=O) groups is 1. The van der Waals surface area contributed by atoms with Crippen LogP contribution in [0.15, 0.2) is 36.7 Å². The van der Waals surface area contributed by atoms with Gasteiger partial charge in [-0.2, -0.15) is 18.3 Å². The first-order chi connectivity index (χ1) is 14.9. The summed E-state index contributed by atoms with van der Waals surface area (Å²) in [7, 11) is 0. The van der Waals surface area contributed by atoms with Crippen molar-refractivity contribution >= 4 is 23.3 Å². The molecule has 1 aromatic carbocycles. The molecule has 1 atom stereocenters. The molecule has 0 fully saturated rings. The molecule has 0 radical (unpaired) electrons. The summed E-state index contributed by atoms with van der Waals surface area (Å²) in [5.41, 5.74) is 3.93. The highest BCUT2D eigenvalue weighted by atomic mass is 35.5. The van der Waals surface area contributed by atoms with E-state index in [0.29, 0.717) is 17.6 Å². The van der Waals surface area contributed by atoms with E-state index in [-0.39, 0.29) is 23.2 Å². The number of imidazole rings is 1. The number of nitrogens with two attached hydrogens (primary N) is 1. The van der Waals surface area contributed by atoms with Crippen molar-refractivity contribution in [2.45, 2.75) is 39.0 Å². The van der Waals surface area contributed by atoms with E-state index in [1.54, 1.807) is 13.1 Å². The van der Waals surface area contributed by atoms with Crippen LogP contribution in [0.4, 0.5) is 18.0 Å². The van der Waals surface area contributed by atoms with Crippen molar-refractivity contribution in [3.63, 3.8) is 0 Å². The van der Waals surface area contributed by atoms with E-state index in [4.69, 9.17) is 26.8 Å². The van der Waals surface area contributed by atoms with Crippen molar-refractivity contribution in [3.8, 4) is 16.9 Å². The Hall–Kier alpha value is -3.01. The van der Waals surface area contributed by atoms with E-state index in [9.17, 15) is 18.0 Å². The Kier molecular flexibility index (Phi) is 6.54. The summed E-state index contributed by atoms with van der Waals surface area (Å²) in [6.45, 7) is 5.03. The number of hydrogen-bond donors (Lipinski definition) is 1. The number of primary amides is 1. The van der Waals surface area contributed by atoms with Gasteiger partial charge in [-0.1, -0.05) is 31.5 Å². The zero-order chi connectivity index (χ0) is 23.7. The predicted octanol–water partition coefficient (Wildman–Crippen LogP) is 5.35. The average Bonchev–Trinajstić information content (AvgIpc) is 3.12. The third-order valence-corrected chi connectivity index (χ3v) is 4.83. The minimum atomic E-state index is -4.70. The Morgan fingerprint density at radius 2 is 2.00 bits per heavy atom. The molecule has 2 heterocycles. The summed E-state index contributed by atoms with van der Waals surface area (Å²) < 4.78 is 53.6. The molecule has 0 saturated heterocycles. The Bertz CT molecular complexity index is 1130. The molecule has 3 aromatic rings. The summed E-state index contributed by atoms with van der Waals surface area (Å²) >= 11 is 6.02. The number of benzene rings is 1. The predicted molar refractivity (Wildman–Crippen MR) is 112 cm³/mol. The molecule has 172 valence electrons. The van der Waals surface area contributed by atoms with Gasteiger partial charge in [-0.25, -0.2) is 14.3 Å². The lowest BCUT2D eigenvalue weighted by Crippen LogP contribution is -2.41. The molecule has 11 heteroatoms. The molecule has 32 heavy (non-hydrogen) atoms. The molecule has 0 bridgehead atoms. The molecule has 3 rings (SSSR count). The van der Waals surface area contributed by atoms with Crippen LogP contribution in [0, 0.1) is 5.92 Å². The first-order valence-electron chi connectivity index (χ1n) is 9.71. The minimum absolute atomic E-state index is 0.0841. The highest BCUT2D eigenvalue weighted by molar-refractivity contribution is 6.29. The molecule has 0 aliphatic carbocycles. The normalized spacial score (nSPS) is 13.9. The Labute approximate surface area is 187 Å². The van der Waals surface area contributed by atoms with Crippen LogP contribution in [0.2, 0.25) is 5.15 Å². The van der Waals surface area contributed by atoms with Crippen LogP contribution in [-0.2, 0) is 10.9 Å². The number of nitrogens with zero attached hydrogens (tertiary/aromatic N) is 3. The number of ether oxygens (including phenoxy) is 2. The molecule has 2 aromatic heterocycles. The van der Waals surface area contributed by atoms with Crippen molar-refractivity contribution in [1.82, 2.24) is 14.6 Å². The van der Waals surface area contributed by atoms with Crippen molar-refractivity contribution in [1.29, 1.82) is 0 Å². The summed E-state index contributed by atoms with van der Waals surface area (Å²) in [6, 6.07) is 5.09. The van der Waals surface area contributed by atoms with Gasteiger partial charge in [0, 0.05) is 18.0 Å². The average molecular weight is 471 g/mol. The number of halogens is 4. The summed E-state index contributed by atoms with van der Waals surface area (Å²) in [6.07, 6.45) is -2.36. The van der Waals surface area contributed by atoms with Crippen molar-refractivity contribution < 1.29 is 27.4 Å². The van der Waals surface area contributed by atoms with Crippen LogP contribution in [0.5, 0.6) is 5.75 Å². The molecule has 1 unspecified atom stereocenters. The van der Waals surface area contributed by atoms with Gasteiger partial charge in [-0.3, -0.25) is 0 Å². The van der Waals surface area contributed by atoms with Gasteiger partial charge in [0.1, 0.15) is 18.0 Å². The second-order valence-electron chi connectivity index (χ2n) is 8.04. The van der Waals surface area contributed by atoms with Gasteiger partial charge < -0.3 is 15.2 Å². The lowest BCUT2D eigenvalue weighted by Gasteiger charge is -2.30. The Morgan fingerprint density at radius 1 is 1.28 bits per heavy atom. The summed E-state index contributed by atoms with van der Waals surface area (Å²) in [5.74, 6) is -0.315. The van der Waals surface area contributed by atoms with E-state index >= 15 is 0 Å². The fraction of sp³-hybridized carbons (Fsp3) is 0.381. The van der Waals surface area contributed by atoms with E-state index in [1.165, 1.54) is 28.9 Å². The third-order valence-electron chi connectivity index (χ3n) is 4.65. The van der Waals surface area contributed by atoms with Gasteiger partial charge >= 0.3 is 12.3 Å². The molecule has 0 aliphatic rings. The second kappa shape index (κ2) is 8.85. The van der Waals surface area contributed by atoms with E-state index in [2.05, 4.69) is 10.1 Å². The lowest BCUT2D eigenvalue weighted by atomic mass is 9.95. The van der Waals surface area contributed by atoms with Crippen LogP contribution < -0.4 is 10.5 Å². The maximum absolute atomic E-state index is 13.9. The van der Waals surface area contributed by atoms with Gasteiger partial charge in [0.15, 0.2) is 10.8 Å². The number of rotatable bonds is 7. The third kappa shape index (κ3) is 5.42. The van der Waals surface area contributed by atoms with Crippen molar-refractivity contribution in [2.24, 2.45) is 11.7 Å². The molecule has 2 N–H and O–H groups in total. The molecule has 0 aliphatic heterocycles. The minimum Gasteiger partial charge on any atom is -0.489 e. The van der Waals surface area contributed by atoms with E-state index < -0.39 is 29.2 Å². The molecule has 0 saturated carbocycles. The number of alkyl halides is 3. The monoisotopic (exact) mass is 470 g/mol. The molecular formula is C21H22ClF3N4O3. The quantitative estimate of drug-likeness (QED) is 0.502. The zero-order valence-corrected chi connectivity index (χ0v) is 18.4. The zero-order valence-electron chi connectivity index (χ0n) is 17.6. The van der Waals surface area contributed by atoms with E-state index in [0.717, 1.165) is 6.07 Å². The van der Waals surface area contributed by atoms with Crippen molar-refractivity contribution in [3.05, 3.63) is 47.4 Å². The maximum atomic E-state index is 13.9. The van der Waals surface area contributed by atoms with Crippen molar-refractivity contribution in [2.75, 3.05) is 6.61 Å². The van der Waals surface area contributed by atoms with Crippen LogP contribution >= 0.6 is 11.6 Å². The largest absolute Gasteiger partial charge is 0.489 e. The molecule has 1 amide bonds. The Balaban J connectivity index is 1.99. The SMILES string of the molecule is CC(C)CC(C)(COc1ccc(-c2cc(Cl)nn3ccnc23)cc1C(F)(F)F)OC(N)=O. The first-order valence-corrected chi connectivity index (χ1v) is 10.1. The number of aromatic nitrogens is 3. The van der Waals surface area contributed by atoms with Gasteiger partial charge in [-0.05, 0) is 43.0 Å². The number of carbonyl (C=O) groups excluding carboxylic acids is 1. The second-order valence-corrected chi connectivity index (χ2v) is 8.43. The van der Waals surface area contributed by atoms with Crippen LogP contribution in [0.25, 0.3) is 16.8 Å². The van der Waals surface area contributed by atoms with Crippen LogP contribution in [0.3, 0.4) is 0 Å². The maximum Gasteiger partial charge on any atom is 0.419 e. The van der Waals surface area contributed by atoms with Crippen LogP contribution in [-0.4, -0.2) is 32.9 Å². The Morgan fingerprint density at radius 3 is 2.62 bits per heavy atom. The van der Waals surface area contributed by atoms with Gasteiger partial charge in [0.25, 0.3) is 0 Å². The lowest BCUT2D eigenvalue weighted by molar-refractivity contribution is -0.139. The summed E-state index contributed by atoms with van der Waals surface area (Å²) in [5, 5.41) is 4.14. The molecular weight excluding hydrogens is 449 g/mol. The smallest absolute Gasteiger partial charge is 0.419 e. The fourth-order valence-electron chi connectivity index (χ4n) is 3.61. The fourth-order valence-corrected chi connectivity index (χ4v) is 3.80. The van der Waals surface area contributed by atoms with E-state index in [1.807, 2.05) is 13.8 Å². The highest BCUT2D eigenvalue weighted by Gasteiger charge is 2.37. The van der Waals surface area contributed by atoms with Gasteiger partial charge in [0.05, 0.1) is 5.56 Å². The van der Waals surface area contributed by atoms with Crippen LogP contribution in [0.1, 0.15) is 32.8 Å². The first kappa shape index (κ1) is 23.6. The number of fused-ring (bicyclic) bond motifs is 1. The molecule has 7 nitrogen and oxygen atoms in total.